The van der Waals surface area contributed by atoms with E-state index in [2.05, 4.69) is 4.90 Å². The van der Waals surface area contributed by atoms with Crippen molar-refractivity contribution in [3.63, 3.8) is 0 Å². The molecule has 1 aliphatic rings. The maximum atomic E-state index is 11.9. The van der Waals surface area contributed by atoms with E-state index in [9.17, 15) is 9.90 Å². The minimum atomic E-state index is -0.771. The van der Waals surface area contributed by atoms with Gasteiger partial charge in [-0.15, -0.1) is 0 Å². The molecule has 5 heteroatoms. The van der Waals surface area contributed by atoms with Crippen molar-refractivity contribution in [3.8, 4) is 11.5 Å². The lowest BCUT2D eigenvalue weighted by Crippen LogP contribution is -2.39. The lowest BCUT2D eigenvalue weighted by atomic mass is 9.96. The summed E-state index contributed by atoms with van der Waals surface area (Å²) in [6.45, 7) is 1.22. The van der Waals surface area contributed by atoms with Crippen LogP contribution in [0.5, 0.6) is 11.5 Å². The second-order valence-corrected chi connectivity index (χ2v) is 7.76. The van der Waals surface area contributed by atoms with E-state index in [0.717, 1.165) is 41.2 Å². The van der Waals surface area contributed by atoms with Crippen LogP contribution in [0.15, 0.2) is 78.9 Å². The molecule has 160 valence electrons. The zero-order valence-electron chi connectivity index (χ0n) is 17.6. The third-order valence-electron chi connectivity index (χ3n) is 5.76. The fourth-order valence-corrected chi connectivity index (χ4v) is 4.24. The summed E-state index contributed by atoms with van der Waals surface area (Å²) >= 11 is 0. The van der Waals surface area contributed by atoms with Crippen molar-refractivity contribution in [1.82, 2.24) is 4.90 Å². The lowest BCUT2D eigenvalue weighted by molar-refractivity contribution is -0.142. The smallest absolute Gasteiger partial charge is 0.320 e. The van der Waals surface area contributed by atoms with Crippen molar-refractivity contribution in [2.75, 3.05) is 13.7 Å². The van der Waals surface area contributed by atoms with Crippen molar-refractivity contribution in [1.29, 1.82) is 0 Å². The monoisotopic (exact) mass is 417 g/mol. The van der Waals surface area contributed by atoms with Gasteiger partial charge in [0, 0.05) is 6.54 Å². The normalized spacial score (nSPS) is 17.3. The number of aliphatic carboxylic acids is 1. The summed E-state index contributed by atoms with van der Waals surface area (Å²) in [5.74, 6) is 0.775. The van der Waals surface area contributed by atoms with Crippen LogP contribution in [-0.4, -0.2) is 35.7 Å². The second kappa shape index (κ2) is 9.67. The molecule has 1 heterocycles. The van der Waals surface area contributed by atoms with Crippen LogP contribution in [0.25, 0.3) is 0 Å². The summed E-state index contributed by atoms with van der Waals surface area (Å²) in [5, 5.41) is 9.79. The quantitative estimate of drug-likeness (QED) is 0.564. The molecule has 0 aliphatic carbocycles. The number of carboxylic acids is 1. The average Bonchev–Trinajstić information content (AvgIpc) is 3.29. The van der Waals surface area contributed by atoms with Crippen LogP contribution in [-0.2, 0) is 11.4 Å². The molecule has 1 N–H and O–H groups in total. The minimum absolute atomic E-state index is 0.171. The highest BCUT2D eigenvalue weighted by Gasteiger charge is 2.36. The molecule has 2 atom stereocenters. The number of carboxylic acid groups (broad SMARTS) is 1. The Morgan fingerprint density at radius 2 is 1.77 bits per heavy atom. The van der Waals surface area contributed by atoms with E-state index >= 15 is 0 Å². The molecule has 0 radical (unpaired) electrons. The Balaban J connectivity index is 1.65. The molecule has 0 amide bonds. The van der Waals surface area contributed by atoms with Crippen LogP contribution >= 0.6 is 0 Å². The van der Waals surface area contributed by atoms with Gasteiger partial charge in [-0.2, -0.15) is 0 Å². The standard InChI is InChI=1S/C26H27NO4/c1-30-22-14-12-20(13-15-22)25(27-16-6-11-24(27)26(28)29)21-9-5-10-23(17-21)31-18-19-7-3-2-4-8-19/h2-5,7-10,12-15,17,24-25H,6,11,16,18H2,1H3,(H,28,29). The van der Waals surface area contributed by atoms with Crippen molar-refractivity contribution in [3.05, 3.63) is 95.6 Å². The van der Waals surface area contributed by atoms with Gasteiger partial charge in [-0.1, -0.05) is 54.6 Å². The molecule has 5 nitrogen and oxygen atoms in total. The minimum Gasteiger partial charge on any atom is -0.497 e. The average molecular weight is 418 g/mol. The van der Waals surface area contributed by atoms with Crippen LogP contribution in [0.3, 0.4) is 0 Å². The number of benzene rings is 3. The van der Waals surface area contributed by atoms with E-state index in [1.807, 2.05) is 78.9 Å². The first kappa shape index (κ1) is 20.9. The molecule has 2 unspecified atom stereocenters. The van der Waals surface area contributed by atoms with E-state index in [1.165, 1.54) is 0 Å². The largest absolute Gasteiger partial charge is 0.497 e. The van der Waals surface area contributed by atoms with Crippen LogP contribution < -0.4 is 9.47 Å². The molecule has 0 bridgehead atoms. The number of hydrogen-bond donors (Lipinski definition) is 1. The van der Waals surface area contributed by atoms with Gasteiger partial charge in [0.2, 0.25) is 0 Å². The molecule has 4 rings (SSSR count). The van der Waals surface area contributed by atoms with Gasteiger partial charge in [0.15, 0.2) is 0 Å². The maximum Gasteiger partial charge on any atom is 0.320 e. The fraction of sp³-hybridized carbons (Fsp3) is 0.269. The van der Waals surface area contributed by atoms with Gasteiger partial charge in [0.1, 0.15) is 24.1 Å². The number of hydrogen-bond acceptors (Lipinski definition) is 4. The molecule has 3 aromatic carbocycles. The van der Waals surface area contributed by atoms with Crippen LogP contribution in [0.1, 0.15) is 35.6 Å². The molecular formula is C26H27NO4. The Hall–Kier alpha value is -3.31. The summed E-state index contributed by atoms with van der Waals surface area (Å²) in [4.78, 5) is 14.0. The number of carbonyl (C=O) groups is 1. The Morgan fingerprint density at radius 1 is 1.00 bits per heavy atom. The number of methoxy groups -OCH3 is 1. The highest BCUT2D eigenvalue weighted by Crippen LogP contribution is 2.36. The van der Waals surface area contributed by atoms with Gasteiger partial charge in [0.05, 0.1) is 13.2 Å². The molecule has 0 spiro atoms. The van der Waals surface area contributed by atoms with E-state index in [1.54, 1.807) is 7.11 Å². The summed E-state index contributed by atoms with van der Waals surface area (Å²) in [6.07, 6.45) is 1.53. The highest BCUT2D eigenvalue weighted by molar-refractivity contribution is 5.74. The van der Waals surface area contributed by atoms with Crippen molar-refractivity contribution in [2.24, 2.45) is 0 Å². The third kappa shape index (κ3) is 4.89. The van der Waals surface area contributed by atoms with Gasteiger partial charge < -0.3 is 14.6 Å². The Morgan fingerprint density at radius 3 is 2.48 bits per heavy atom. The van der Waals surface area contributed by atoms with Crippen molar-refractivity contribution < 1.29 is 19.4 Å². The van der Waals surface area contributed by atoms with Crippen molar-refractivity contribution >= 4 is 5.97 Å². The number of rotatable bonds is 8. The van der Waals surface area contributed by atoms with Crippen LogP contribution in [0.2, 0.25) is 0 Å². The van der Waals surface area contributed by atoms with E-state index in [0.29, 0.717) is 13.0 Å². The van der Waals surface area contributed by atoms with E-state index in [4.69, 9.17) is 9.47 Å². The Kier molecular flexibility index (Phi) is 6.53. The molecule has 3 aromatic rings. The predicted molar refractivity (Wildman–Crippen MR) is 119 cm³/mol. The molecule has 1 saturated heterocycles. The fourth-order valence-electron chi connectivity index (χ4n) is 4.24. The van der Waals surface area contributed by atoms with Crippen molar-refractivity contribution in [2.45, 2.75) is 31.5 Å². The number of ether oxygens (including phenoxy) is 2. The van der Waals surface area contributed by atoms with Crippen LogP contribution in [0.4, 0.5) is 0 Å². The third-order valence-corrected chi connectivity index (χ3v) is 5.76. The molecular weight excluding hydrogens is 390 g/mol. The summed E-state index contributed by atoms with van der Waals surface area (Å²) < 4.78 is 11.3. The Bertz CT molecular complexity index is 1000. The SMILES string of the molecule is COc1ccc(C(c2cccc(OCc3ccccc3)c2)N2CCCC2C(=O)O)cc1. The summed E-state index contributed by atoms with van der Waals surface area (Å²) in [7, 11) is 1.64. The van der Waals surface area contributed by atoms with E-state index in [-0.39, 0.29) is 6.04 Å². The first-order chi connectivity index (χ1) is 15.2. The van der Waals surface area contributed by atoms with Gasteiger partial charge in [-0.25, -0.2) is 0 Å². The summed E-state index contributed by atoms with van der Waals surface area (Å²) in [6, 6.07) is 25.2. The molecule has 0 saturated carbocycles. The zero-order valence-corrected chi connectivity index (χ0v) is 17.6. The number of likely N-dealkylation sites (tertiary alicyclic amines) is 1. The van der Waals surface area contributed by atoms with Gasteiger partial charge in [0.25, 0.3) is 0 Å². The second-order valence-electron chi connectivity index (χ2n) is 7.76. The predicted octanol–water partition coefficient (Wildman–Crippen LogP) is 4.91. The zero-order chi connectivity index (χ0) is 21.6. The molecule has 1 fully saturated rings. The topological polar surface area (TPSA) is 59.0 Å². The maximum absolute atomic E-state index is 11.9. The van der Waals surface area contributed by atoms with Gasteiger partial charge in [-0.3, -0.25) is 9.69 Å². The van der Waals surface area contributed by atoms with Gasteiger partial charge in [-0.05, 0) is 53.8 Å². The first-order valence-corrected chi connectivity index (χ1v) is 10.5. The highest BCUT2D eigenvalue weighted by atomic mass is 16.5. The molecule has 31 heavy (non-hydrogen) atoms. The van der Waals surface area contributed by atoms with Gasteiger partial charge >= 0.3 is 5.97 Å². The molecule has 0 aromatic heterocycles. The molecule has 1 aliphatic heterocycles. The number of nitrogens with zero attached hydrogens (tertiary/aromatic N) is 1. The summed E-state index contributed by atoms with van der Waals surface area (Å²) in [5.41, 5.74) is 3.16. The lowest BCUT2D eigenvalue weighted by Gasteiger charge is -2.32. The van der Waals surface area contributed by atoms with E-state index < -0.39 is 12.0 Å². The van der Waals surface area contributed by atoms with Crippen LogP contribution in [0, 0.1) is 0 Å². The Labute approximate surface area is 182 Å². The first-order valence-electron chi connectivity index (χ1n) is 10.5.